The lowest BCUT2D eigenvalue weighted by atomic mass is 9.97. The molecule has 1 aliphatic rings. The number of aliphatic hydroxyl groups is 1. The van der Waals surface area contributed by atoms with Crippen molar-refractivity contribution < 1.29 is 23.8 Å². The lowest BCUT2D eigenvalue weighted by molar-refractivity contribution is -0.140. The van der Waals surface area contributed by atoms with E-state index in [9.17, 15) is 14.7 Å². The standard InChI is InChI=1S/C28H23NO5/c1-17-10-13-23(34-17)25-24(26(30)21-12-11-19-7-3-4-8-20(19)15-21)27(31)28(32)29(25)16-18-6-5-9-22(14-18)33-2/h3-15,25,30H,16H2,1-2H3/b26-24-. The fourth-order valence-electron chi connectivity index (χ4n) is 4.40. The second kappa shape index (κ2) is 8.56. The first kappa shape index (κ1) is 21.5. The van der Waals surface area contributed by atoms with E-state index in [2.05, 4.69) is 0 Å². The van der Waals surface area contributed by atoms with E-state index in [1.54, 1.807) is 32.2 Å². The predicted octanol–water partition coefficient (Wildman–Crippen LogP) is 5.37. The highest BCUT2D eigenvalue weighted by molar-refractivity contribution is 6.46. The lowest BCUT2D eigenvalue weighted by Gasteiger charge is -2.23. The van der Waals surface area contributed by atoms with Crippen LogP contribution in [0.5, 0.6) is 5.75 Å². The fraction of sp³-hybridized carbons (Fsp3) is 0.143. The molecule has 6 nitrogen and oxygen atoms in total. The van der Waals surface area contributed by atoms with E-state index in [-0.39, 0.29) is 17.9 Å². The summed E-state index contributed by atoms with van der Waals surface area (Å²) >= 11 is 0. The van der Waals surface area contributed by atoms with Crippen LogP contribution in [-0.2, 0) is 16.1 Å². The molecular weight excluding hydrogens is 430 g/mol. The van der Waals surface area contributed by atoms with E-state index in [1.807, 2.05) is 60.7 Å². The van der Waals surface area contributed by atoms with Gasteiger partial charge in [-0.2, -0.15) is 0 Å². The zero-order valence-electron chi connectivity index (χ0n) is 18.8. The number of hydrogen-bond acceptors (Lipinski definition) is 5. The molecule has 0 saturated carbocycles. The maximum atomic E-state index is 13.2. The Morgan fingerprint density at radius 2 is 1.76 bits per heavy atom. The highest BCUT2D eigenvalue weighted by Crippen LogP contribution is 2.41. The number of Topliss-reactive ketones (excluding diaryl/α,β-unsaturated/α-hetero) is 1. The largest absolute Gasteiger partial charge is 0.507 e. The van der Waals surface area contributed by atoms with Gasteiger partial charge in [0.25, 0.3) is 11.7 Å². The maximum Gasteiger partial charge on any atom is 0.296 e. The van der Waals surface area contributed by atoms with Crippen molar-refractivity contribution in [2.45, 2.75) is 19.5 Å². The Morgan fingerprint density at radius 3 is 2.50 bits per heavy atom. The number of furan rings is 1. The lowest BCUT2D eigenvalue weighted by Crippen LogP contribution is -2.29. The number of benzene rings is 3. The zero-order valence-corrected chi connectivity index (χ0v) is 18.8. The van der Waals surface area contributed by atoms with Crippen LogP contribution in [0.25, 0.3) is 16.5 Å². The molecule has 34 heavy (non-hydrogen) atoms. The van der Waals surface area contributed by atoms with Crippen molar-refractivity contribution in [2.24, 2.45) is 0 Å². The number of ketones is 1. The Balaban J connectivity index is 1.63. The van der Waals surface area contributed by atoms with Gasteiger partial charge in [-0.15, -0.1) is 0 Å². The van der Waals surface area contributed by atoms with Crippen LogP contribution < -0.4 is 4.74 Å². The molecule has 0 aliphatic carbocycles. The number of hydrogen-bond donors (Lipinski definition) is 1. The van der Waals surface area contributed by atoms with E-state index in [4.69, 9.17) is 9.15 Å². The van der Waals surface area contributed by atoms with Gasteiger partial charge in [-0.05, 0) is 53.6 Å². The number of fused-ring (bicyclic) bond motifs is 1. The molecule has 1 aliphatic heterocycles. The van der Waals surface area contributed by atoms with Crippen molar-refractivity contribution in [1.29, 1.82) is 0 Å². The molecule has 5 rings (SSSR count). The van der Waals surface area contributed by atoms with Gasteiger partial charge >= 0.3 is 0 Å². The summed E-state index contributed by atoms with van der Waals surface area (Å²) in [6, 6.07) is 23.1. The number of rotatable bonds is 5. The topological polar surface area (TPSA) is 80.0 Å². The molecule has 2 heterocycles. The van der Waals surface area contributed by atoms with Crippen LogP contribution in [0.4, 0.5) is 0 Å². The van der Waals surface area contributed by atoms with Crippen molar-refractivity contribution in [3.63, 3.8) is 0 Å². The predicted molar refractivity (Wildman–Crippen MR) is 128 cm³/mol. The molecule has 6 heteroatoms. The molecule has 1 atom stereocenters. The third-order valence-corrected chi connectivity index (χ3v) is 6.08. The number of aryl methyl sites for hydroxylation is 1. The van der Waals surface area contributed by atoms with Crippen LogP contribution in [-0.4, -0.2) is 28.8 Å². The van der Waals surface area contributed by atoms with E-state index in [1.165, 1.54) is 4.90 Å². The minimum atomic E-state index is -0.855. The molecule has 3 aromatic carbocycles. The monoisotopic (exact) mass is 453 g/mol. The van der Waals surface area contributed by atoms with Gasteiger partial charge in [-0.1, -0.05) is 48.5 Å². The zero-order chi connectivity index (χ0) is 23.8. The summed E-state index contributed by atoms with van der Waals surface area (Å²) in [5.41, 5.74) is 1.27. The quantitative estimate of drug-likeness (QED) is 0.250. The first-order valence-corrected chi connectivity index (χ1v) is 10.9. The highest BCUT2D eigenvalue weighted by Gasteiger charge is 2.47. The molecule has 1 aromatic heterocycles. The van der Waals surface area contributed by atoms with Crippen molar-refractivity contribution in [3.8, 4) is 5.75 Å². The molecular formula is C28H23NO5. The molecule has 0 spiro atoms. The van der Waals surface area contributed by atoms with Gasteiger partial charge in [0.05, 0.1) is 12.7 Å². The second-order valence-corrected chi connectivity index (χ2v) is 8.29. The van der Waals surface area contributed by atoms with Crippen molar-refractivity contribution in [1.82, 2.24) is 4.90 Å². The van der Waals surface area contributed by atoms with E-state index < -0.39 is 17.7 Å². The summed E-state index contributed by atoms with van der Waals surface area (Å²) in [5.74, 6) is 0.0540. The van der Waals surface area contributed by atoms with Gasteiger partial charge in [0.2, 0.25) is 0 Å². The number of likely N-dealkylation sites (tertiary alicyclic amines) is 1. The van der Waals surface area contributed by atoms with Gasteiger partial charge in [-0.3, -0.25) is 9.59 Å². The summed E-state index contributed by atoms with van der Waals surface area (Å²) in [4.78, 5) is 27.8. The van der Waals surface area contributed by atoms with Crippen LogP contribution in [0.15, 0.2) is 88.9 Å². The third-order valence-electron chi connectivity index (χ3n) is 6.08. The van der Waals surface area contributed by atoms with Crippen molar-refractivity contribution >= 4 is 28.2 Å². The molecule has 0 radical (unpaired) electrons. The number of aliphatic hydroxyl groups excluding tert-OH is 1. The Kier molecular flexibility index (Phi) is 5.42. The number of carbonyl (C=O) groups is 2. The Bertz CT molecular complexity index is 1450. The minimum Gasteiger partial charge on any atom is -0.507 e. The Hall–Kier alpha value is -4.32. The first-order chi connectivity index (χ1) is 16.5. The van der Waals surface area contributed by atoms with Crippen LogP contribution in [0.3, 0.4) is 0 Å². The molecule has 4 aromatic rings. The minimum absolute atomic E-state index is 0.0116. The van der Waals surface area contributed by atoms with Crippen LogP contribution in [0, 0.1) is 6.92 Å². The van der Waals surface area contributed by atoms with Crippen LogP contribution in [0.1, 0.15) is 28.7 Å². The average molecular weight is 453 g/mol. The molecule has 1 fully saturated rings. The molecule has 1 N–H and O–H groups in total. The number of ether oxygens (including phenoxy) is 1. The average Bonchev–Trinajstić information content (AvgIpc) is 3.39. The summed E-state index contributed by atoms with van der Waals surface area (Å²) < 4.78 is 11.1. The summed E-state index contributed by atoms with van der Waals surface area (Å²) in [7, 11) is 1.57. The molecule has 170 valence electrons. The fourth-order valence-corrected chi connectivity index (χ4v) is 4.40. The van der Waals surface area contributed by atoms with E-state index in [0.29, 0.717) is 22.8 Å². The molecule has 1 unspecified atom stereocenters. The Labute approximate surface area is 196 Å². The SMILES string of the molecule is COc1cccc(CN2C(=O)C(=O)/C(=C(\O)c3ccc4ccccc4c3)C2c2ccc(C)o2)c1. The number of carbonyl (C=O) groups excluding carboxylic acids is 2. The van der Waals surface area contributed by atoms with E-state index in [0.717, 1.165) is 16.3 Å². The van der Waals surface area contributed by atoms with Crippen LogP contribution in [0.2, 0.25) is 0 Å². The summed E-state index contributed by atoms with van der Waals surface area (Å²) in [5, 5.41) is 13.2. The molecule has 1 amide bonds. The number of nitrogens with zero attached hydrogens (tertiary/aromatic N) is 1. The van der Waals surface area contributed by atoms with Gasteiger partial charge in [0, 0.05) is 12.1 Å². The highest BCUT2D eigenvalue weighted by atomic mass is 16.5. The maximum absolute atomic E-state index is 13.2. The summed E-state index contributed by atoms with van der Waals surface area (Å²) in [6.07, 6.45) is 0. The first-order valence-electron chi connectivity index (χ1n) is 10.9. The number of methoxy groups -OCH3 is 1. The normalized spacial score (nSPS) is 17.5. The second-order valence-electron chi connectivity index (χ2n) is 8.29. The number of amides is 1. The van der Waals surface area contributed by atoms with Gasteiger partial charge < -0.3 is 19.2 Å². The van der Waals surface area contributed by atoms with Gasteiger partial charge in [0.1, 0.15) is 29.1 Å². The smallest absolute Gasteiger partial charge is 0.296 e. The van der Waals surface area contributed by atoms with Crippen LogP contribution >= 0.6 is 0 Å². The Morgan fingerprint density at radius 1 is 0.971 bits per heavy atom. The van der Waals surface area contributed by atoms with E-state index >= 15 is 0 Å². The van der Waals surface area contributed by atoms with Crippen molar-refractivity contribution in [3.05, 3.63) is 107 Å². The molecule has 1 saturated heterocycles. The van der Waals surface area contributed by atoms with Gasteiger partial charge in [-0.25, -0.2) is 0 Å². The summed E-state index contributed by atoms with van der Waals surface area (Å²) in [6.45, 7) is 1.95. The van der Waals surface area contributed by atoms with Crippen molar-refractivity contribution in [2.75, 3.05) is 7.11 Å². The third kappa shape index (κ3) is 3.73. The van der Waals surface area contributed by atoms with Gasteiger partial charge in [0.15, 0.2) is 0 Å². The molecule has 0 bridgehead atoms.